The molecular weight excluding hydrogens is 395 g/mol. The molecule has 2 bridgehead atoms. The maximum atomic E-state index is 13.4. The summed E-state index contributed by atoms with van der Waals surface area (Å²) in [6.07, 6.45) is 4.75. The second kappa shape index (κ2) is 6.84. The molecule has 2 aliphatic carbocycles. The van der Waals surface area contributed by atoms with Gasteiger partial charge in [0.25, 0.3) is 0 Å². The van der Waals surface area contributed by atoms with Crippen molar-refractivity contribution in [2.75, 3.05) is 5.32 Å². The fraction of sp³-hybridized carbons (Fsp3) is 0.350. The fourth-order valence-corrected chi connectivity index (χ4v) is 5.31. The van der Waals surface area contributed by atoms with Crippen molar-refractivity contribution in [3.05, 3.63) is 53.3 Å². The molecule has 5 rings (SSSR count). The van der Waals surface area contributed by atoms with Gasteiger partial charge in [0.1, 0.15) is 11.3 Å². The van der Waals surface area contributed by atoms with Gasteiger partial charge in [0.05, 0.1) is 24.3 Å². The minimum Gasteiger partial charge on any atom is -0.300 e. The number of fused-ring (bicyclic) bond motifs is 5. The van der Waals surface area contributed by atoms with Gasteiger partial charge in [-0.05, 0) is 36.0 Å². The minimum absolute atomic E-state index is 0.0792. The van der Waals surface area contributed by atoms with Gasteiger partial charge in [0.15, 0.2) is 0 Å². The van der Waals surface area contributed by atoms with E-state index >= 15 is 0 Å². The van der Waals surface area contributed by atoms with Gasteiger partial charge >= 0.3 is 0 Å². The Hall–Kier alpha value is -2.94. The summed E-state index contributed by atoms with van der Waals surface area (Å²) in [5.74, 6) is -1.85. The van der Waals surface area contributed by atoms with E-state index in [0.717, 1.165) is 6.42 Å². The predicted octanol–water partition coefficient (Wildman–Crippen LogP) is 2.55. The first-order valence-corrected chi connectivity index (χ1v) is 10.3. The molecule has 1 saturated heterocycles. The number of nitrogens with zero attached hydrogens (tertiary/aromatic N) is 3. The molecule has 1 N–H and O–H groups in total. The first-order chi connectivity index (χ1) is 14.0. The van der Waals surface area contributed by atoms with Crippen LogP contribution in [0.25, 0.3) is 0 Å². The molecule has 1 aliphatic heterocycles. The zero-order chi connectivity index (χ0) is 20.1. The lowest BCUT2D eigenvalue weighted by Gasteiger charge is -2.28. The van der Waals surface area contributed by atoms with Gasteiger partial charge in [-0.3, -0.25) is 19.3 Å². The summed E-state index contributed by atoms with van der Waals surface area (Å²) in [7, 11) is 0. The molecule has 5 unspecified atom stereocenters. The second-order valence-corrected chi connectivity index (χ2v) is 8.44. The number of carbonyl (C=O) groups is 3. The lowest BCUT2D eigenvalue weighted by molar-refractivity contribution is -0.144. The molecule has 2 aromatic rings. The Morgan fingerprint density at radius 1 is 1.17 bits per heavy atom. The summed E-state index contributed by atoms with van der Waals surface area (Å²) in [6.45, 7) is 0. The first-order valence-electron chi connectivity index (χ1n) is 9.39. The van der Waals surface area contributed by atoms with E-state index in [0.29, 0.717) is 10.7 Å². The number of amides is 3. The first kappa shape index (κ1) is 18.1. The number of imide groups is 1. The molecule has 0 spiro atoms. The maximum absolute atomic E-state index is 13.4. The monoisotopic (exact) mass is 412 g/mol. The van der Waals surface area contributed by atoms with Crippen molar-refractivity contribution in [2.45, 2.75) is 18.9 Å². The zero-order valence-electron chi connectivity index (χ0n) is 15.2. The third-order valence-corrected chi connectivity index (χ3v) is 6.66. The van der Waals surface area contributed by atoms with Crippen molar-refractivity contribution in [3.8, 4) is 0 Å². The Morgan fingerprint density at radius 3 is 2.41 bits per heavy atom. The largest absolute Gasteiger partial charge is 0.300 e. The minimum atomic E-state index is -0.798. The van der Waals surface area contributed by atoms with Crippen LogP contribution in [-0.2, 0) is 14.4 Å². The van der Waals surface area contributed by atoms with E-state index in [4.69, 9.17) is 0 Å². The van der Waals surface area contributed by atoms with Gasteiger partial charge in [-0.1, -0.05) is 35.6 Å². The molecule has 7 nitrogen and oxygen atoms in total. The van der Waals surface area contributed by atoms with Gasteiger partial charge < -0.3 is 5.32 Å². The van der Waals surface area contributed by atoms with Gasteiger partial charge in [0, 0.05) is 0 Å². The molecule has 9 heteroatoms. The number of hydrogen-bond donors (Lipinski definition) is 1. The number of aromatic nitrogens is 2. The number of benzene rings is 1. The van der Waals surface area contributed by atoms with Crippen LogP contribution >= 0.6 is 11.3 Å². The summed E-state index contributed by atoms with van der Waals surface area (Å²) in [5, 5.41) is 10.4. The highest BCUT2D eigenvalue weighted by Crippen LogP contribution is 2.54. The molecule has 0 radical (unpaired) electrons. The SMILES string of the molecule is O=C(CC(c1ccc(F)cc1)N1C(=O)C2C3C=CC(C3)C2C1=O)Nc1nncs1. The van der Waals surface area contributed by atoms with Gasteiger partial charge in [-0.15, -0.1) is 10.2 Å². The number of likely N-dealkylation sites (tertiary alicyclic amines) is 1. The van der Waals surface area contributed by atoms with E-state index in [9.17, 15) is 18.8 Å². The Bertz CT molecular complexity index is 977. The number of rotatable bonds is 5. The molecule has 3 aliphatic rings. The van der Waals surface area contributed by atoms with E-state index in [1.54, 1.807) is 0 Å². The van der Waals surface area contributed by atoms with Crippen LogP contribution in [0, 0.1) is 29.5 Å². The predicted molar refractivity (Wildman–Crippen MR) is 102 cm³/mol. The van der Waals surface area contributed by atoms with Gasteiger partial charge in [-0.2, -0.15) is 0 Å². The van der Waals surface area contributed by atoms with Crippen LogP contribution in [0.4, 0.5) is 9.52 Å². The highest BCUT2D eigenvalue weighted by molar-refractivity contribution is 7.13. The van der Waals surface area contributed by atoms with Crippen LogP contribution in [0.2, 0.25) is 0 Å². The summed E-state index contributed by atoms with van der Waals surface area (Å²) in [5.41, 5.74) is 2.03. The van der Waals surface area contributed by atoms with E-state index in [2.05, 4.69) is 15.5 Å². The van der Waals surface area contributed by atoms with E-state index in [-0.39, 0.29) is 41.9 Å². The molecule has 1 saturated carbocycles. The number of anilines is 1. The van der Waals surface area contributed by atoms with Crippen LogP contribution in [0.3, 0.4) is 0 Å². The molecule has 1 aromatic heterocycles. The Labute approximate surface area is 169 Å². The Morgan fingerprint density at radius 2 is 1.83 bits per heavy atom. The highest BCUT2D eigenvalue weighted by atomic mass is 32.1. The standard InChI is InChI=1S/C20H17FN4O3S/c21-13-5-3-10(4-6-13)14(8-15(26)23-20-24-22-9-29-20)25-18(27)16-11-1-2-12(7-11)17(16)19(25)28/h1-6,9,11-12,14,16-17H,7-8H2,(H,23,24,26). The van der Waals surface area contributed by atoms with E-state index < -0.39 is 17.8 Å². The molecule has 148 valence electrons. The molecule has 1 aromatic carbocycles. The summed E-state index contributed by atoms with van der Waals surface area (Å²) >= 11 is 1.17. The van der Waals surface area contributed by atoms with Crippen LogP contribution in [0.15, 0.2) is 41.9 Å². The average Bonchev–Trinajstić information content (AvgIpc) is 3.47. The van der Waals surface area contributed by atoms with E-state index in [1.807, 2.05) is 12.2 Å². The van der Waals surface area contributed by atoms with Crippen LogP contribution in [-0.4, -0.2) is 32.8 Å². The molecule has 5 atom stereocenters. The Kier molecular flexibility index (Phi) is 4.27. The summed E-state index contributed by atoms with van der Waals surface area (Å²) in [6, 6.07) is 4.76. The normalized spacial score (nSPS) is 28.1. The van der Waals surface area contributed by atoms with Crippen LogP contribution in [0.5, 0.6) is 0 Å². The number of halogens is 1. The van der Waals surface area contributed by atoms with Crippen LogP contribution < -0.4 is 5.32 Å². The molecule has 29 heavy (non-hydrogen) atoms. The van der Waals surface area contributed by atoms with Crippen molar-refractivity contribution in [2.24, 2.45) is 23.7 Å². The van der Waals surface area contributed by atoms with E-state index in [1.165, 1.54) is 46.0 Å². The molecule has 2 heterocycles. The Balaban J connectivity index is 1.45. The van der Waals surface area contributed by atoms with Crippen molar-refractivity contribution in [1.82, 2.24) is 15.1 Å². The molecule has 2 fully saturated rings. The average molecular weight is 412 g/mol. The molecule has 3 amide bonds. The summed E-state index contributed by atoms with van der Waals surface area (Å²) < 4.78 is 13.4. The number of carbonyl (C=O) groups excluding carboxylic acids is 3. The smallest absolute Gasteiger partial charge is 0.234 e. The van der Waals surface area contributed by atoms with Gasteiger partial charge in [-0.25, -0.2) is 4.39 Å². The highest BCUT2D eigenvalue weighted by Gasteiger charge is 2.60. The topological polar surface area (TPSA) is 92.3 Å². The lowest BCUT2D eigenvalue weighted by Crippen LogP contribution is -2.38. The zero-order valence-corrected chi connectivity index (χ0v) is 16.0. The molecular formula is C20H17FN4O3S. The maximum Gasteiger partial charge on any atom is 0.234 e. The third kappa shape index (κ3) is 2.96. The van der Waals surface area contributed by atoms with Gasteiger partial charge in [0.2, 0.25) is 22.9 Å². The summed E-state index contributed by atoms with van der Waals surface area (Å²) in [4.78, 5) is 40.3. The van der Waals surface area contributed by atoms with Crippen LogP contribution in [0.1, 0.15) is 24.4 Å². The van der Waals surface area contributed by atoms with Crippen molar-refractivity contribution in [1.29, 1.82) is 0 Å². The third-order valence-electron chi connectivity index (χ3n) is 6.06. The lowest BCUT2D eigenvalue weighted by atomic mass is 9.85. The second-order valence-electron chi connectivity index (χ2n) is 7.61. The van der Waals surface area contributed by atoms with Crippen molar-refractivity contribution in [3.63, 3.8) is 0 Å². The fourth-order valence-electron chi connectivity index (χ4n) is 4.85. The van der Waals surface area contributed by atoms with Crippen molar-refractivity contribution < 1.29 is 18.8 Å². The quantitative estimate of drug-likeness (QED) is 0.602. The van der Waals surface area contributed by atoms with Crippen molar-refractivity contribution >= 4 is 34.2 Å². The number of hydrogen-bond acceptors (Lipinski definition) is 6. The number of nitrogens with one attached hydrogen (secondary N) is 1. The number of allylic oxidation sites excluding steroid dienone is 2.